The highest BCUT2D eigenvalue weighted by Crippen LogP contribution is 2.49. The first-order valence-electron chi connectivity index (χ1n) is 12.7. The number of hydrogen-bond donors (Lipinski definition) is 0. The summed E-state index contributed by atoms with van der Waals surface area (Å²) in [6.07, 6.45) is 18.3. The highest BCUT2D eigenvalue weighted by molar-refractivity contribution is 5.37. The summed E-state index contributed by atoms with van der Waals surface area (Å²) >= 11 is 0. The van der Waals surface area contributed by atoms with Crippen LogP contribution < -0.4 is 0 Å². The van der Waals surface area contributed by atoms with E-state index in [-0.39, 0.29) is 0 Å². The van der Waals surface area contributed by atoms with E-state index >= 15 is 0 Å². The molecule has 0 N–H and O–H groups in total. The normalized spacial score (nSPS) is 31.1. The van der Waals surface area contributed by atoms with E-state index in [9.17, 15) is 8.78 Å². The third kappa shape index (κ3) is 4.68. The van der Waals surface area contributed by atoms with Crippen LogP contribution in [-0.4, -0.2) is 0 Å². The topological polar surface area (TPSA) is 0 Å². The molecule has 5 unspecified atom stereocenters. The van der Waals surface area contributed by atoms with Crippen molar-refractivity contribution in [1.29, 1.82) is 0 Å². The Morgan fingerprint density at radius 3 is 2.47 bits per heavy atom. The molecule has 0 aliphatic heterocycles. The average molecular weight is 415 g/mol. The Kier molecular flexibility index (Phi) is 7.32. The van der Waals surface area contributed by atoms with Gasteiger partial charge in [0.15, 0.2) is 11.6 Å². The van der Waals surface area contributed by atoms with Gasteiger partial charge in [0.1, 0.15) is 0 Å². The molecule has 3 aliphatic carbocycles. The van der Waals surface area contributed by atoms with Crippen molar-refractivity contribution in [3.05, 3.63) is 47.0 Å². The van der Waals surface area contributed by atoms with Crippen LogP contribution in [0.2, 0.25) is 0 Å². The van der Waals surface area contributed by atoms with Crippen molar-refractivity contribution >= 4 is 0 Å². The molecular weight excluding hydrogens is 374 g/mol. The first-order valence-corrected chi connectivity index (χ1v) is 12.7. The second kappa shape index (κ2) is 9.96. The maximum Gasteiger partial charge on any atom is 0.162 e. The van der Waals surface area contributed by atoms with Crippen LogP contribution in [0.3, 0.4) is 0 Å². The lowest BCUT2D eigenvalue weighted by molar-refractivity contribution is 0.0688. The molecule has 0 aromatic heterocycles. The van der Waals surface area contributed by atoms with Gasteiger partial charge < -0.3 is 0 Å². The molecule has 30 heavy (non-hydrogen) atoms. The summed E-state index contributed by atoms with van der Waals surface area (Å²) in [5, 5.41) is 0. The minimum absolute atomic E-state index is 0.532. The number of hydrogen-bond acceptors (Lipinski definition) is 0. The van der Waals surface area contributed by atoms with Gasteiger partial charge >= 0.3 is 0 Å². The van der Waals surface area contributed by atoms with Crippen molar-refractivity contribution in [3.63, 3.8) is 0 Å². The first kappa shape index (κ1) is 22.0. The molecule has 3 aliphatic rings. The van der Waals surface area contributed by atoms with Crippen molar-refractivity contribution in [1.82, 2.24) is 0 Å². The lowest BCUT2D eigenvalue weighted by Gasteiger charge is -2.45. The molecule has 0 saturated heterocycles. The number of aryl methyl sites for hydroxylation is 2. The van der Waals surface area contributed by atoms with E-state index in [4.69, 9.17) is 0 Å². The Labute approximate surface area is 182 Å². The molecule has 0 bridgehead atoms. The van der Waals surface area contributed by atoms with Gasteiger partial charge in [0.05, 0.1) is 0 Å². The number of unbranched alkanes of at least 4 members (excludes halogenated alkanes) is 1. The molecule has 5 atom stereocenters. The zero-order valence-corrected chi connectivity index (χ0v) is 18.9. The minimum Gasteiger partial charge on any atom is -0.203 e. The fourth-order valence-corrected chi connectivity index (χ4v) is 6.97. The highest BCUT2D eigenvalue weighted by Gasteiger charge is 2.39. The molecule has 2 heteroatoms. The first-order chi connectivity index (χ1) is 14.6. The van der Waals surface area contributed by atoms with Gasteiger partial charge in [-0.05, 0) is 110 Å². The largest absolute Gasteiger partial charge is 0.203 e. The molecule has 2 fully saturated rings. The third-order valence-corrected chi connectivity index (χ3v) is 8.74. The Morgan fingerprint density at radius 2 is 1.70 bits per heavy atom. The quantitative estimate of drug-likeness (QED) is 0.394. The van der Waals surface area contributed by atoms with Crippen LogP contribution in [-0.2, 0) is 19.3 Å². The fraction of sp³-hybridized carbons (Fsp3) is 0.714. The standard InChI is InChI=1S/C28H40F2/c1-3-5-7-19-9-10-21-16-22(12-11-20(21)15-19)23-13-14-24-17-25(8-6-4-2)27(29)28(30)26(24)18-23/h4,17,19-23H,2-3,5-16,18H2,1H3. The van der Waals surface area contributed by atoms with Crippen molar-refractivity contribution < 1.29 is 8.78 Å². The Balaban J connectivity index is 1.39. The van der Waals surface area contributed by atoms with Crippen LogP contribution in [0, 0.1) is 41.2 Å². The molecule has 2 saturated carbocycles. The van der Waals surface area contributed by atoms with Gasteiger partial charge in [-0.3, -0.25) is 0 Å². The van der Waals surface area contributed by atoms with Crippen molar-refractivity contribution in [2.75, 3.05) is 0 Å². The van der Waals surface area contributed by atoms with E-state index < -0.39 is 11.6 Å². The van der Waals surface area contributed by atoms with Crippen LogP contribution in [0.15, 0.2) is 18.7 Å². The van der Waals surface area contributed by atoms with E-state index in [0.29, 0.717) is 29.9 Å². The van der Waals surface area contributed by atoms with E-state index in [1.807, 2.05) is 6.07 Å². The lowest BCUT2D eigenvalue weighted by atomic mass is 9.60. The zero-order valence-electron chi connectivity index (χ0n) is 18.9. The summed E-state index contributed by atoms with van der Waals surface area (Å²) < 4.78 is 29.5. The Hall–Kier alpha value is -1.18. The molecule has 0 nitrogen and oxygen atoms in total. The van der Waals surface area contributed by atoms with Gasteiger partial charge in [0, 0.05) is 0 Å². The van der Waals surface area contributed by atoms with Gasteiger partial charge in [-0.1, -0.05) is 44.7 Å². The predicted octanol–water partition coefficient (Wildman–Crippen LogP) is 8.21. The molecule has 0 spiro atoms. The summed E-state index contributed by atoms with van der Waals surface area (Å²) in [4.78, 5) is 0. The lowest BCUT2D eigenvalue weighted by Crippen LogP contribution is -2.35. The van der Waals surface area contributed by atoms with Crippen LogP contribution in [0.1, 0.15) is 94.2 Å². The van der Waals surface area contributed by atoms with Crippen LogP contribution >= 0.6 is 0 Å². The van der Waals surface area contributed by atoms with Gasteiger partial charge in [-0.2, -0.15) is 0 Å². The van der Waals surface area contributed by atoms with E-state index in [1.54, 1.807) is 6.08 Å². The Morgan fingerprint density at radius 1 is 0.967 bits per heavy atom. The summed E-state index contributed by atoms with van der Waals surface area (Å²) in [6.45, 7) is 6.01. The van der Waals surface area contributed by atoms with Crippen molar-refractivity contribution in [2.24, 2.45) is 29.6 Å². The smallest absolute Gasteiger partial charge is 0.162 e. The molecule has 0 heterocycles. The average Bonchev–Trinajstić information content (AvgIpc) is 2.78. The van der Waals surface area contributed by atoms with Gasteiger partial charge in [-0.15, -0.1) is 6.58 Å². The van der Waals surface area contributed by atoms with Crippen LogP contribution in [0.5, 0.6) is 0 Å². The molecule has 1 aromatic carbocycles. The maximum absolute atomic E-state index is 14.9. The number of rotatable bonds is 7. The number of benzene rings is 1. The van der Waals surface area contributed by atoms with E-state index in [0.717, 1.165) is 48.5 Å². The van der Waals surface area contributed by atoms with Gasteiger partial charge in [-0.25, -0.2) is 8.78 Å². The summed E-state index contributed by atoms with van der Waals surface area (Å²) in [7, 11) is 0. The van der Waals surface area contributed by atoms with Crippen LogP contribution in [0.4, 0.5) is 8.78 Å². The van der Waals surface area contributed by atoms with Crippen molar-refractivity contribution in [3.8, 4) is 0 Å². The van der Waals surface area contributed by atoms with E-state index in [1.165, 1.54) is 57.8 Å². The molecule has 166 valence electrons. The number of fused-ring (bicyclic) bond motifs is 2. The predicted molar refractivity (Wildman–Crippen MR) is 122 cm³/mol. The second-order valence-electron chi connectivity index (χ2n) is 10.5. The Bertz CT molecular complexity index is 737. The van der Waals surface area contributed by atoms with Gasteiger partial charge in [0.25, 0.3) is 0 Å². The van der Waals surface area contributed by atoms with Gasteiger partial charge in [0.2, 0.25) is 0 Å². The molecule has 0 radical (unpaired) electrons. The number of halogens is 2. The summed E-state index contributed by atoms with van der Waals surface area (Å²) in [6, 6.07) is 1.95. The monoisotopic (exact) mass is 414 g/mol. The molecular formula is C28H40F2. The summed E-state index contributed by atoms with van der Waals surface area (Å²) in [5.41, 5.74) is 2.29. The zero-order chi connectivity index (χ0) is 21.1. The fourth-order valence-electron chi connectivity index (χ4n) is 6.97. The maximum atomic E-state index is 14.9. The SMILES string of the molecule is C=CCCc1cc2c(c(F)c1F)CC(C1CCC3CC(CCCC)CCC3C1)CC2. The molecule has 1 aromatic rings. The molecule has 0 amide bonds. The highest BCUT2D eigenvalue weighted by atomic mass is 19.2. The summed E-state index contributed by atoms with van der Waals surface area (Å²) in [5.74, 6) is 2.90. The third-order valence-electron chi connectivity index (χ3n) is 8.74. The van der Waals surface area contributed by atoms with Crippen molar-refractivity contribution in [2.45, 2.75) is 96.8 Å². The number of allylic oxidation sites excluding steroid dienone is 1. The van der Waals surface area contributed by atoms with Crippen LogP contribution in [0.25, 0.3) is 0 Å². The molecule has 4 rings (SSSR count). The minimum atomic E-state index is -0.606. The second-order valence-corrected chi connectivity index (χ2v) is 10.5. The van der Waals surface area contributed by atoms with E-state index in [2.05, 4.69) is 13.5 Å².